The van der Waals surface area contributed by atoms with E-state index in [0.29, 0.717) is 0 Å². The molecular weight excluding hydrogens is 188 g/mol. The molecule has 2 fully saturated rings. The molecular formula is C13H20O2. The lowest BCUT2D eigenvalue weighted by Crippen LogP contribution is -2.55. The molecule has 1 heterocycles. The summed E-state index contributed by atoms with van der Waals surface area (Å²) in [6, 6.07) is 0. The smallest absolute Gasteiger partial charge is 0.103 e. The summed E-state index contributed by atoms with van der Waals surface area (Å²) < 4.78 is 6.03. The number of aliphatic hydroxyl groups is 1. The fourth-order valence-electron chi connectivity index (χ4n) is 4.06. The number of aliphatic hydroxyl groups excluding tert-OH is 1. The molecule has 2 heteroatoms. The van der Waals surface area contributed by atoms with E-state index in [9.17, 15) is 5.11 Å². The molecule has 1 N–H and O–H groups in total. The first-order valence-corrected chi connectivity index (χ1v) is 6.28. The monoisotopic (exact) mass is 208 g/mol. The molecule has 2 aliphatic carbocycles. The Labute approximate surface area is 91.3 Å². The molecule has 0 unspecified atom stereocenters. The second-order valence-electron chi connectivity index (χ2n) is 5.41. The lowest BCUT2D eigenvalue weighted by molar-refractivity contribution is -0.157. The van der Waals surface area contributed by atoms with Gasteiger partial charge in [0, 0.05) is 12.0 Å². The van der Waals surface area contributed by atoms with Crippen molar-refractivity contribution in [3.8, 4) is 0 Å². The molecule has 0 aromatic carbocycles. The Morgan fingerprint density at radius 3 is 2.60 bits per heavy atom. The van der Waals surface area contributed by atoms with Crippen LogP contribution in [0.4, 0.5) is 0 Å². The van der Waals surface area contributed by atoms with E-state index in [-0.39, 0.29) is 17.1 Å². The fraction of sp³-hybridized carbons (Fsp3) is 0.846. The average molecular weight is 208 g/mol. The highest BCUT2D eigenvalue weighted by Crippen LogP contribution is 2.57. The summed E-state index contributed by atoms with van der Waals surface area (Å²) >= 11 is 0. The Morgan fingerprint density at radius 1 is 1.13 bits per heavy atom. The number of hydrogen-bond acceptors (Lipinski definition) is 2. The van der Waals surface area contributed by atoms with Crippen molar-refractivity contribution in [1.29, 1.82) is 0 Å². The van der Waals surface area contributed by atoms with Crippen LogP contribution in [0.15, 0.2) is 12.2 Å². The summed E-state index contributed by atoms with van der Waals surface area (Å²) in [6.07, 6.45) is 12.2. The van der Waals surface area contributed by atoms with Crippen LogP contribution in [0.25, 0.3) is 0 Å². The van der Waals surface area contributed by atoms with Gasteiger partial charge in [0.1, 0.15) is 11.7 Å². The first kappa shape index (κ1) is 9.86. The first-order valence-electron chi connectivity index (χ1n) is 6.28. The van der Waals surface area contributed by atoms with Crippen LogP contribution in [0.1, 0.15) is 44.9 Å². The molecule has 15 heavy (non-hydrogen) atoms. The summed E-state index contributed by atoms with van der Waals surface area (Å²) in [5.74, 6) is 0. The van der Waals surface area contributed by atoms with Crippen molar-refractivity contribution >= 4 is 0 Å². The summed E-state index contributed by atoms with van der Waals surface area (Å²) in [5, 5.41) is 10.3. The quantitative estimate of drug-likeness (QED) is 0.619. The van der Waals surface area contributed by atoms with Crippen molar-refractivity contribution in [3.05, 3.63) is 12.2 Å². The normalized spacial score (nSPS) is 43.1. The van der Waals surface area contributed by atoms with Gasteiger partial charge in [-0.3, -0.25) is 0 Å². The maximum Gasteiger partial charge on any atom is 0.103 e. The van der Waals surface area contributed by atoms with E-state index in [1.54, 1.807) is 0 Å². The number of fused-ring (bicyclic) bond motifs is 1. The Kier molecular flexibility index (Phi) is 2.18. The van der Waals surface area contributed by atoms with Gasteiger partial charge in [-0.15, -0.1) is 0 Å². The van der Waals surface area contributed by atoms with Crippen LogP contribution in [0.5, 0.6) is 0 Å². The van der Waals surface area contributed by atoms with Crippen LogP contribution >= 0.6 is 0 Å². The fourth-order valence-corrected chi connectivity index (χ4v) is 4.06. The molecule has 84 valence electrons. The van der Waals surface area contributed by atoms with Crippen LogP contribution in [-0.2, 0) is 4.74 Å². The molecule has 0 aromatic rings. The van der Waals surface area contributed by atoms with Gasteiger partial charge in [0.15, 0.2) is 0 Å². The first-order chi connectivity index (χ1) is 7.29. The van der Waals surface area contributed by atoms with Gasteiger partial charge in [-0.05, 0) is 32.1 Å². The predicted octanol–water partition coefficient (Wildman–Crippen LogP) is 2.42. The van der Waals surface area contributed by atoms with Gasteiger partial charge < -0.3 is 9.84 Å². The van der Waals surface area contributed by atoms with Crippen molar-refractivity contribution in [3.63, 3.8) is 0 Å². The van der Waals surface area contributed by atoms with Crippen LogP contribution in [-0.4, -0.2) is 23.4 Å². The molecule has 3 aliphatic rings. The van der Waals surface area contributed by atoms with E-state index in [1.165, 1.54) is 25.7 Å². The molecule has 1 aliphatic heterocycles. The molecule has 0 amide bonds. The highest BCUT2D eigenvalue weighted by molar-refractivity contribution is 5.19. The third-order valence-electron chi connectivity index (χ3n) is 4.82. The second-order valence-corrected chi connectivity index (χ2v) is 5.41. The van der Waals surface area contributed by atoms with Crippen molar-refractivity contribution in [2.75, 3.05) is 6.61 Å². The second kappa shape index (κ2) is 3.33. The maximum atomic E-state index is 10.3. The minimum absolute atomic E-state index is 0.224. The van der Waals surface area contributed by atoms with E-state index in [0.717, 1.165) is 25.9 Å². The molecule has 2 atom stereocenters. The molecule has 1 saturated heterocycles. The standard InChI is InChI=1S/C13H20O2/c14-11-5-3-8-12(6-1-2-7-12)13(11)9-4-10-15-13/h3,5,11,14H,1-2,4,6-10H2/t11-,13-/m1/s1. The SMILES string of the molecule is O[C@@H]1C=CCC2(CCCC2)[C@@]12CCCO2. The molecule has 0 aromatic heterocycles. The van der Waals surface area contributed by atoms with Gasteiger partial charge in [0.05, 0.1) is 0 Å². The molecule has 1 saturated carbocycles. The molecule has 0 radical (unpaired) electrons. The Balaban J connectivity index is 2.01. The summed E-state index contributed by atoms with van der Waals surface area (Å²) in [4.78, 5) is 0. The zero-order valence-electron chi connectivity index (χ0n) is 9.24. The Morgan fingerprint density at radius 2 is 1.93 bits per heavy atom. The molecule has 3 rings (SSSR count). The molecule has 2 spiro atoms. The van der Waals surface area contributed by atoms with E-state index in [2.05, 4.69) is 6.08 Å². The highest BCUT2D eigenvalue weighted by Gasteiger charge is 2.58. The Bertz CT molecular complexity index is 270. The van der Waals surface area contributed by atoms with Crippen molar-refractivity contribution in [1.82, 2.24) is 0 Å². The van der Waals surface area contributed by atoms with Crippen LogP contribution in [0, 0.1) is 5.41 Å². The van der Waals surface area contributed by atoms with Gasteiger partial charge in [0.25, 0.3) is 0 Å². The number of ether oxygens (including phenoxy) is 1. The average Bonchev–Trinajstić information content (AvgIpc) is 2.84. The van der Waals surface area contributed by atoms with Crippen molar-refractivity contribution < 1.29 is 9.84 Å². The number of hydrogen-bond donors (Lipinski definition) is 1. The Hall–Kier alpha value is -0.340. The highest BCUT2D eigenvalue weighted by atomic mass is 16.5. The van der Waals surface area contributed by atoms with Gasteiger partial charge in [0.2, 0.25) is 0 Å². The van der Waals surface area contributed by atoms with Gasteiger partial charge >= 0.3 is 0 Å². The summed E-state index contributed by atoms with van der Waals surface area (Å²) in [5.41, 5.74) is 0.0376. The van der Waals surface area contributed by atoms with Gasteiger partial charge in [-0.2, -0.15) is 0 Å². The lowest BCUT2D eigenvalue weighted by Gasteiger charge is -2.50. The minimum atomic E-state index is -0.369. The number of rotatable bonds is 0. The summed E-state index contributed by atoms with van der Waals surface area (Å²) in [7, 11) is 0. The zero-order valence-corrected chi connectivity index (χ0v) is 9.24. The van der Waals surface area contributed by atoms with Crippen LogP contribution < -0.4 is 0 Å². The van der Waals surface area contributed by atoms with Crippen molar-refractivity contribution in [2.24, 2.45) is 5.41 Å². The topological polar surface area (TPSA) is 29.5 Å². The minimum Gasteiger partial charge on any atom is -0.386 e. The maximum absolute atomic E-state index is 10.3. The van der Waals surface area contributed by atoms with Crippen molar-refractivity contribution in [2.45, 2.75) is 56.7 Å². The van der Waals surface area contributed by atoms with E-state index >= 15 is 0 Å². The third kappa shape index (κ3) is 1.18. The molecule has 0 bridgehead atoms. The van der Waals surface area contributed by atoms with Gasteiger partial charge in [-0.25, -0.2) is 0 Å². The number of allylic oxidation sites excluding steroid dienone is 1. The van der Waals surface area contributed by atoms with Crippen LogP contribution in [0.3, 0.4) is 0 Å². The zero-order chi connectivity index (χ0) is 10.4. The van der Waals surface area contributed by atoms with E-state index < -0.39 is 0 Å². The van der Waals surface area contributed by atoms with Gasteiger partial charge in [-0.1, -0.05) is 25.0 Å². The largest absolute Gasteiger partial charge is 0.386 e. The van der Waals surface area contributed by atoms with E-state index in [1.807, 2.05) is 6.08 Å². The third-order valence-corrected chi connectivity index (χ3v) is 4.82. The predicted molar refractivity (Wildman–Crippen MR) is 58.6 cm³/mol. The van der Waals surface area contributed by atoms with Crippen LogP contribution in [0.2, 0.25) is 0 Å². The lowest BCUT2D eigenvalue weighted by atomic mass is 9.62. The molecule has 2 nitrogen and oxygen atoms in total. The summed E-state index contributed by atoms with van der Waals surface area (Å²) in [6.45, 7) is 0.840. The van der Waals surface area contributed by atoms with E-state index in [4.69, 9.17) is 4.74 Å².